The monoisotopic (exact) mass is 424 g/mol. The van der Waals surface area contributed by atoms with Crippen LogP contribution < -0.4 is 10.6 Å². The zero-order valence-electron chi connectivity index (χ0n) is 11.6. The first-order valence-corrected chi connectivity index (χ1v) is 8.79. The Morgan fingerprint density at radius 1 is 0.682 bits per heavy atom. The summed E-state index contributed by atoms with van der Waals surface area (Å²) in [5.74, 6) is -0.240. The van der Waals surface area contributed by atoms with Crippen LogP contribution in [-0.2, 0) is 0 Å². The summed E-state index contributed by atoms with van der Waals surface area (Å²) in [4.78, 5) is 23.4. The summed E-state index contributed by atoms with van der Waals surface area (Å²) in [6.07, 6.45) is 0. The van der Waals surface area contributed by atoms with Gasteiger partial charge in [0.1, 0.15) is 0 Å². The number of benzene rings is 2. The largest absolute Gasteiger partial charge is 0.342 e. The molecule has 0 aromatic heterocycles. The third kappa shape index (κ3) is 4.18. The van der Waals surface area contributed by atoms with E-state index >= 15 is 0 Å². The molecule has 4 nitrogen and oxygen atoms in total. The van der Waals surface area contributed by atoms with Crippen molar-refractivity contribution in [1.29, 1.82) is 0 Å². The maximum atomic E-state index is 11.7. The molecule has 0 saturated carbocycles. The second-order valence-electron chi connectivity index (χ2n) is 4.43. The zero-order chi connectivity index (χ0) is 15.9. The van der Waals surface area contributed by atoms with Gasteiger partial charge in [-0.25, -0.2) is 0 Å². The topological polar surface area (TPSA) is 58.2 Å². The fraction of sp³-hybridized carbons (Fsp3) is 0.125. The molecule has 0 saturated heterocycles. The lowest BCUT2D eigenvalue weighted by atomic mass is 10.0. The van der Waals surface area contributed by atoms with Crippen LogP contribution in [0.2, 0.25) is 0 Å². The van der Waals surface area contributed by atoms with Crippen LogP contribution in [0.5, 0.6) is 0 Å². The molecule has 0 unspecified atom stereocenters. The smallest absolute Gasteiger partial charge is 0.251 e. The third-order valence-corrected chi connectivity index (χ3v) is 3.64. The third-order valence-electron chi connectivity index (χ3n) is 3.08. The van der Waals surface area contributed by atoms with E-state index in [4.69, 9.17) is 0 Å². The molecule has 0 heterocycles. The lowest BCUT2D eigenvalue weighted by molar-refractivity contribution is 0.0953. The molecule has 2 aromatic carbocycles. The quantitative estimate of drug-likeness (QED) is 0.568. The molecule has 0 spiro atoms. The predicted octanol–water partition coefficient (Wildman–Crippen LogP) is 3.52. The highest BCUT2D eigenvalue weighted by molar-refractivity contribution is 9.09. The normalized spacial score (nSPS) is 10.1. The van der Waals surface area contributed by atoms with Crippen molar-refractivity contribution in [2.75, 3.05) is 10.9 Å². The average Bonchev–Trinajstić information content (AvgIpc) is 2.55. The van der Waals surface area contributed by atoms with E-state index in [2.05, 4.69) is 42.5 Å². The van der Waals surface area contributed by atoms with Gasteiger partial charge in [0.25, 0.3) is 11.8 Å². The van der Waals surface area contributed by atoms with E-state index in [0.717, 1.165) is 11.1 Å². The zero-order valence-corrected chi connectivity index (χ0v) is 14.8. The number of amides is 2. The van der Waals surface area contributed by atoms with Crippen molar-refractivity contribution in [2.45, 2.75) is 0 Å². The second kappa shape index (κ2) is 8.10. The van der Waals surface area contributed by atoms with Gasteiger partial charge in [-0.2, -0.15) is 0 Å². The first kappa shape index (κ1) is 16.7. The van der Waals surface area contributed by atoms with Gasteiger partial charge in [-0.15, -0.1) is 0 Å². The Morgan fingerprint density at radius 3 is 1.27 bits per heavy atom. The standard InChI is InChI=1S/C16H14Br2N2O2/c17-9-19-15(21)13-5-1-11(2-6-13)12-3-7-14(8-4-12)16(22)20-10-18/h1-8H,9-10H2,(H,19,21)(H,20,22). The summed E-state index contributed by atoms with van der Waals surface area (Å²) in [5.41, 5.74) is 4.04. The highest BCUT2D eigenvalue weighted by atomic mass is 79.9. The summed E-state index contributed by atoms with van der Waals surface area (Å²) in [7, 11) is 0. The van der Waals surface area contributed by atoms with Gasteiger partial charge in [-0.1, -0.05) is 56.1 Å². The van der Waals surface area contributed by atoms with Crippen LogP contribution in [-0.4, -0.2) is 22.7 Å². The molecule has 0 bridgehead atoms. The number of carbonyl (C=O) groups excluding carboxylic acids is 2. The molecule has 0 aliphatic heterocycles. The van der Waals surface area contributed by atoms with Crippen LogP contribution in [0.1, 0.15) is 20.7 Å². The van der Waals surface area contributed by atoms with E-state index in [1.165, 1.54) is 0 Å². The van der Waals surface area contributed by atoms with Crippen molar-refractivity contribution < 1.29 is 9.59 Å². The Kier molecular flexibility index (Phi) is 6.15. The van der Waals surface area contributed by atoms with Crippen molar-refractivity contribution >= 4 is 43.7 Å². The predicted molar refractivity (Wildman–Crippen MR) is 94.4 cm³/mol. The maximum absolute atomic E-state index is 11.7. The van der Waals surface area contributed by atoms with Gasteiger partial charge in [-0.3, -0.25) is 9.59 Å². The van der Waals surface area contributed by atoms with E-state index in [0.29, 0.717) is 22.0 Å². The lowest BCUT2D eigenvalue weighted by Crippen LogP contribution is -2.21. The van der Waals surface area contributed by atoms with Gasteiger partial charge in [0, 0.05) is 11.1 Å². The SMILES string of the molecule is O=C(NCBr)c1ccc(-c2ccc(C(=O)NCBr)cc2)cc1. The Hall–Kier alpha value is -1.66. The number of hydrogen-bond donors (Lipinski definition) is 2. The molecule has 0 aliphatic carbocycles. The summed E-state index contributed by atoms with van der Waals surface area (Å²) < 4.78 is 0. The number of rotatable bonds is 5. The lowest BCUT2D eigenvalue weighted by Gasteiger charge is -2.06. The molecule has 2 N–H and O–H groups in total. The molecule has 0 aliphatic rings. The van der Waals surface area contributed by atoms with Crippen LogP contribution in [0.3, 0.4) is 0 Å². The Labute approximate surface area is 145 Å². The maximum Gasteiger partial charge on any atom is 0.251 e. The summed E-state index contributed by atoms with van der Waals surface area (Å²) >= 11 is 6.32. The second-order valence-corrected chi connectivity index (χ2v) is 5.56. The van der Waals surface area contributed by atoms with E-state index < -0.39 is 0 Å². The van der Waals surface area contributed by atoms with Crippen molar-refractivity contribution in [2.24, 2.45) is 0 Å². The van der Waals surface area contributed by atoms with Crippen molar-refractivity contribution in [3.8, 4) is 11.1 Å². The van der Waals surface area contributed by atoms with Crippen LogP contribution >= 0.6 is 31.9 Å². The van der Waals surface area contributed by atoms with Crippen LogP contribution in [0.25, 0.3) is 11.1 Å². The molecule has 0 atom stereocenters. The Morgan fingerprint density at radius 2 is 1.00 bits per heavy atom. The van der Waals surface area contributed by atoms with Gasteiger partial charge in [0.05, 0.1) is 10.9 Å². The molecule has 6 heteroatoms. The van der Waals surface area contributed by atoms with Gasteiger partial charge >= 0.3 is 0 Å². The molecule has 2 rings (SSSR count). The van der Waals surface area contributed by atoms with E-state index in [-0.39, 0.29) is 11.8 Å². The number of alkyl halides is 2. The first-order chi connectivity index (χ1) is 10.7. The summed E-state index contributed by atoms with van der Waals surface area (Å²) in [5, 5.41) is 5.36. The number of hydrogen-bond acceptors (Lipinski definition) is 2. The van der Waals surface area contributed by atoms with Crippen LogP contribution in [0.15, 0.2) is 48.5 Å². The van der Waals surface area contributed by atoms with Crippen molar-refractivity contribution in [1.82, 2.24) is 10.6 Å². The molecular formula is C16H14Br2N2O2. The molecule has 0 radical (unpaired) electrons. The highest BCUT2D eigenvalue weighted by Crippen LogP contribution is 2.20. The molecule has 22 heavy (non-hydrogen) atoms. The van der Waals surface area contributed by atoms with Gasteiger partial charge in [-0.05, 0) is 35.4 Å². The minimum atomic E-state index is -0.120. The van der Waals surface area contributed by atoms with Gasteiger partial charge in [0.2, 0.25) is 0 Å². The van der Waals surface area contributed by atoms with E-state index in [1.807, 2.05) is 24.3 Å². The van der Waals surface area contributed by atoms with E-state index in [1.54, 1.807) is 24.3 Å². The molecule has 114 valence electrons. The summed E-state index contributed by atoms with van der Waals surface area (Å²) in [6, 6.07) is 14.6. The molecule has 0 fully saturated rings. The number of nitrogens with one attached hydrogen (secondary N) is 2. The summed E-state index contributed by atoms with van der Waals surface area (Å²) in [6.45, 7) is 0. The van der Waals surface area contributed by atoms with E-state index in [9.17, 15) is 9.59 Å². The molecular weight excluding hydrogens is 412 g/mol. The first-order valence-electron chi connectivity index (χ1n) is 6.54. The Balaban J connectivity index is 2.15. The van der Waals surface area contributed by atoms with Gasteiger partial charge in [0.15, 0.2) is 0 Å². The Bertz CT molecular complexity index is 595. The van der Waals surface area contributed by atoms with Crippen LogP contribution in [0.4, 0.5) is 0 Å². The van der Waals surface area contributed by atoms with Crippen molar-refractivity contribution in [3.63, 3.8) is 0 Å². The minimum absolute atomic E-state index is 0.120. The highest BCUT2D eigenvalue weighted by Gasteiger charge is 2.06. The fourth-order valence-electron chi connectivity index (χ4n) is 1.95. The molecule has 2 aromatic rings. The number of carbonyl (C=O) groups is 2. The number of halogens is 2. The molecule has 2 amide bonds. The van der Waals surface area contributed by atoms with Crippen molar-refractivity contribution in [3.05, 3.63) is 59.7 Å². The van der Waals surface area contributed by atoms with Crippen LogP contribution in [0, 0.1) is 0 Å². The van der Waals surface area contributed by atoms with Gasteiger partial charge < -0.3 is 10.6 Å². The fourth-order valence-corrected chi connectivity index (χ4v) is 2.46. The minimum Gasteiger partial charge on any atom is -0.342 e. The average molecular weight is 426 g/mol.